The second kappa shape index (κ2) is 62.2. The Hall–Kier alpha value is 0.414. The monoisotopic (exact) mass is 1340 g/mol. The summed E-state index contributed by atoms with van der Waals surface area (Å²) < 4.78 is 21.0. The van der Waals surface area contributed by atoms with E-state index in [1.807, 2.05) is 20.8 Å². The average molecular weight is 1340 g/mol. The van der Waals surface area contributed by atoms with Crippen LogP contribution in [0, 0.1) is 0 Å². The van der Waals surface area contributed by atoms with Crippen molar-refractivity contribution < 1.29 is 96.3 Å². The number of aliphatic hydroxyl groups is 6. The number of quaternary nitrogens is 4. The fourth-order valence-corrected chi connectivity index (χ4v) is 16.1. The van der Waals surface area contributed by atoms with E-state index in [2.05, 4.69) is 48.6 Å². The first-order valence-corrected chi connectivity index (χ1v) is 41.2. The van der Waals surface area contributed by atoms with Crippen LogP contribution in [0.15, 0.2) is 0 Å². The molecule has 0 aromatic heterocycles. The maximum atomic E-state index is 10.5. The normalized spacial score (nSPS) is 13.8. The molecule has 0 spiro atoms. The SMILES string of the molecule is CCCCCCCCCCCCCCCCCC[N+](C)(C)CCC[Si](C)(OCC)OCC[N+](CCO)(CCO)CC(O)CC.CCCCCCCCCCCCCCCCCC[N+](C)(C)CCC[Si](O)(O)OCC[N+](CCO)(CCO)CC(O)CC.[Cl-].[Cl-]. The summed E-state index contributed by atoms with van der Waals surface area (Å²) in [6.45, 7) is 22.0. The lowest BCUT2D eigenvalue weighted by atomic mass is 10.0. The molecule has 0 amide bonds. The Balaban J connectivity index is -0.000000785. The molecule has 8 N–H and O–H groups in total. The molecule has 88 heavy (non-hydrogen) atoms. The molecule has 0 aliphatic heterocycles. The Labute approximate surface area is 560 Å². The first kappa shape index (κ1) is 94.8. The van der Waals surface area contributed by atoms with Crippen molar-refractivity contribution in [1.29, 1.82) is 0 Å². The number of rotatable bonds is 66. The smallest absolute Gasteiger partial charge is 0.495 e. The molecule has 0 radical (unpaired) electrons. The molecule has 19 heteroatoms. The second-order valence-electron chi connectivity index (χ2n) is 28.0. The minimum Gasteiger partial charge on any atom is -1.00 e. The van der Waals surface area contributed by atoms with Crippen molar-refractivity contribution in [1.82, 2.24) is 0 Å². The van der Waals surface area contributed by atoms with Crippen LogP contribution in [0.2, 0.25) is 18.6 Å². The van der Waals surface area contributed by atoms with E-state index in [0.29, 0.717) is 93.8 Å². The number of unbranched alkanes of at least 4 members (excludes halogenated alkanes) is 30. The molecular weight excluding hydrogens is 1190 g/mol. The van der Waals surface area contributed by atoms with Crippen molar-refractivity contribution in [3.8, 4) is 0 Å². The Morgan fingerprint density at radius 3 is 0.864 bits per heavy atom. The van der Waals surface area contributed by atoms with E-state index in [-0.39, 0.29) is 63.9 Å². The van der Waals surface area contributed by atoms with Gasteiger partial charge in [0.05, 0.1) is 94.0 Å². The average Bonchev–Trinajstić information content (AvgIpc) is 3.47. The van der Waals surface area contributed by atoms with Gasteiger partial charge in [-0.2, -0.15) is 0 Å². The quantitative estimate of drug-likeness (QED) is 0.0185. The van der Waals surface area contributed by atoms with E-state index >= 15 is 0 Å². The van der Waals surface area contributed by atoms with Crippen LogP contribution >= 0.6 is 0 Å². The predicted molar refractivity (Wildman–Crippen MR) is 367 cm³/mol. The fraction of sp³-hybridized carbons (Fsp3) is 1.00. The summed E-state index contributed by atoms with van der Waals surface area (Å²) in [5.74, 6) is 0. The molecule has 3 atom stereocenters. The Morgan fingerprint density at radius 1 is 0.330 bits per heavy atom. The Morgan fingerprint density at radius 2 is 0.591 bits per heavy atom. The summed E-state index contributed by atoms with van der Waals surface area (Å²) in [6, 6.07) is 1.24. The zero-order valence-corrected chi connectivity index (χ0v) is 63.3. The molecule has 0 saturated carbocycles. The lowest BCUT2D eigenvalue weighted by Gasteiger charge is -2.40. The standard InChI is InChI=1S/C36H80N2O5Si.C33H74N2O6Si.2ClH/c1-7-10-11-12-13-14-15-16-17-18-19-20-21-22-23-24-26-37(4,5)27-25-34-44(6,42-9-3)43-33-30-38(28-31-39,29-32-40)35-36(41)8-2;1-5-7-8-9-10-11-12-13-14-15-16-17-18-19-20-21-23-34(3,4)24-22-31-42(39,40)41-30-27-35(25-28-36,26-29-37)32-33(38)6-2;;/h36,39-41H,7-35H2,1-6H3;33,36-40H,5-32H2,1-4H3;2*1H/q2*+2;;/p-2. The molecular formula is C69H154Cl2N4O11Si2+2. The summed E-state index contributed by atoms with van der Waals surface area (Å²) in [4.78, 5) is 21.1. The fourth-order valence-electron chi connectivity index (χ4n) is 12.6. The van der Waals surface area contributed by atoms with Crippen LogP contribution in [-0.4, -0.2) is 241 Å². The number of aliphatic hydroxyl groups excluding tert-OH is 6. The maximum Gasteiger partial charge on any atom is 0.495 e. The topological polar surface area (TPSA) is 190 Å². The molecule has 0 aromatic carbocycles. The second-order valence-corrected chi connectivity index (χ2v) is 33.6. The van der Waals surface area contributed by atoms with Crippen molar-refractivity contribution >= 4 is 17.4 Å². The van der Waals surface area contributed by atoms with Gasteiger partial charge in [-0.05, 0) is 64.5 Å². The highest BCUT2D eigenvalue weighted by Gasteiger charge is 2.37. The predicted octanol–water partition coefficient (Wildman–Crippen LogP) is 6.65. The van der Waals surface area contributed by atoms with Crippen molar-refractivity contribution in [2.75, 3.05) is 153 Å². The number of hydrogen-bond donors (Lipinski definition) is 8. The van der Waals surface area contributed by atoms with E-state index in [9.17, 15) is 40.2 Å². The third-order valence-corrected chi connectivity index (χ3v) is 23.3. The largest absolute Gasteiger partial charge is 1.00 e. The molecule has 3 unspecified atom stereocenters. The van der Waals surface area contributed by atoms with Crippen LogP contribution in [0.1, 0.15) is 266 Å². The van der Waals surface area contributed by atoms with Crippen LogP contribution < -0.4 is 24.8 Å². The number of halogens is 2. The number of hydrogen-bond acceptors (Lipinski definition) is 11. The lowest BCUT2D eigenvalue weighted by molar-refractivity contribution is -0.931. The van der Waals surface area contributed by atoms with Gasteiger partial charge in [-0.15, -0.1) is 0 Å². The Kier molecular flexibility index (Phi) is 67.1. The lowest BCUT2D eigenvalue weighted by Crippen LogP contribution is -3.00. The molecule has 15 nitrogen and oxygen atoms in total. The van der Waals surface area contributed by atoms with Crippen molar-refractivity contribution in [2.45, 2.75) is 297 Å². The minimum atomic E-state index is -3.78. The summed E-state index contributed by atoms with van der Waals surface area (Å²) in [6.07, 6.45) is 46.6. The van der Waals surface area contributed by atoms with E-state index in [1.54, 1.807) is 0 Å². The van der Waals surface area contributed by atoms with E-state index in [0.717, 1.165) is 41.1 Å². The molecule has 0 heterocycles. The third-order valence-electron chi connectivity index (χ3n) is 18.7. The third kappa shape index (κ3) is 57.8. The molecule has 0 fully saturated rings. The maximum absolute atomic E-state index is 10.5. The van der Waals surface area contributed by atoms with Gasteiger partial charge in [-0.3, -0.25) is 0 Å². The van der Waals surface area contributed by atoms with Crippen LogP contribution in [0.25, 0.3) is 0 Å². The van der Waals surface area contributed by atoms with Gasteiger partial charge in [0.2, 0.25) is 0 Å². The van der Waals surface area contributed by atoms with E-state index in [1.165, 1.54) is 212 Å². The summed E-state index contributed by atoms with van der Waals surface area (Å²) in [5.41, 5.74) is 0. The van der Waals surface area contributed by atoms with Crippen molar-refractivity contribution in [2.24, 2.45) is 0 Å². The van der Waals surface area contributed by atoms with Crippen molar-refractivity contribution in [3.63, 3.8) is 0 Å². The highest BCUT2D eigenvalue weighted by atomic mass is 35.5. The first-order valence-electron chi connectivity index (χ1n) is 36.7. The van der Waals surface area contributed by atoms with Gasteiger partial charge in [0.1, 0.15) is 64.6 Å². The highest BCUT2D eigenvalue weighted by molar-refractivity contribution is 6.66. The van der Waals surface area contributed by atoms with Gasteiger partial charge in [-0.25, -0.2) is 0 Å². The zero-order chi connectivity index (χ0) is 64.6. The summed E-state index contributed by atoms with van der Waals surface area (Å²) in [5, 5.41) is 59.0. The van der Waals surface area contributed by atoms with Gasteiger partial charge in [0, 0.05) is 19.1 Å². The van der Waals surface area contributed by atoms with E-state index < -0.39 is 29.6 Å². The highest BCUT2D eigenvalue weighted by Crippen LogP contribution is 2.22. The van der Waals surface area contributed by atoms with E-state index in [4.69, 9.17) is 13.3 Å². The molecule has 536 valence electrons. The van der Waals surface area contributed by atoms with Gasteiger partial charge in [0.15, 0.2) is 0 Å². The zero-order valence-electron chi connectivity index (χ0n) is 59.8. The van der Waals surface area contributed by atoms with Crippen LogP contribution in [0.5, 0.6) is 0 Å². The van der Waals surface area contributed by atoms with Crippen LogP contribution in [0.3, 0.4) is 0 Å². The number of nitrogens with zero attached hydrogens (tertiary/aromatic N) is 4. The molecule has 0 rings (SSSR count). The molecule has 0 saturated heterocycles. The van der Waals surface area contributed by atoms with Gasteiger partial charge in [0.25, 0.3) is 0 Å². The molecule has 0 aliphatic carbocycles. The van der Waals surface area contributed by atoms with Gasteiger partial charge in [-0.1, -0.05) is 207 Å². The van der Waals surface area contributed by atoms with Crippen LogP contribution in [0.4, 0.5) is 0 Å². The van der Waals surface area contributed by atoms with Gasteiger partial charge >= 0.3 is 17.4 Å². The molecule has 0 aliphatic rings. The summed E-state index contributed by atoms with van der Waals surface area (Å²) in [7, 11) is 3.06. The molecule has 0 bridgehead atoms. The minimum absolute atomic E-state index is 0. The van der Waals surface area contributed by atoms with Gasteiger partial charge < -0.3 is 96.3 Å². The first-order chi connectivity index (χ1) is 41.2. The summed E-state index contributed by atoms with van der Waals surface area (Å²) >= 11 is 0. The Bertz CT molecular complexity index is 1430. The van der Waals surface area contributed by atoms with Crippen LogP contribution in [-0.2, 0) is 13.3 Å². The molecule has 0 aromatic rings. The van der Waals surface area contributed by atoms with Crippen molar-refractivity contribution in [3.05, 3.63) is 0 Å².